The van der Waals surface area contributed by atoms with Crippen molar-refractivity contribution in [3.63, 3.8) is 0 Å². The second-order valence-electron chi connectivity index (χ2n) is 8.37. The molecule has 0 aliphatic carbocycles. The van der Waals surface area contributed by atoms with Gasteiger partial charge in [0.2, 0.25) is 0 Å². The van der Waals surface area contributed by atoms with E-state index in [4.69, 9.17) is 9.47 Å². The molecule has 0 aromatic heterocycles. The van der Waals surface area contributed by atoms with Crippen molar-refractivity contribution in [2.75, 3.05) is 20.8 Å². The van der Waals surface area contributed by atoms with Gasteiger partial charge in [-0.05, 0) is 61.4 Å². The van der Waals surface area contributed by atoms with Gasteiger partial charge < -0.3 is 14.6 Å². The Balaban J connectivity index is 1.98. The van der Waals surface area contributed by atoms with Crippen LogP contribution in [-0.2, 0) is 22.5 Å². The number of likely N-dealkylation sites (N-methyl/N-ethyl adjacent to an activating group) is 1. The molecule has 0 saturated heterocycles. The highest BCUT2D eigenvalue weighted by Gasteiger charge is 2.30. The Labute approximate surface area is 157 Å². The number of rotatable bonds is 7. The Kier molecular flexibility index (Phi) is 6.69. The fraction of sp³-hybridized carbons (Fsp3) is 0.667. The molecule has 0 saturated carbocycles. The lowest BCUT2D eigenvalue weighted by molar-refractivity contribution is -0.147. The number of hydrogen-bond donors (Lipinski definition) is 1. The zero-order valence-corrected chi connectivity index (χ0v) is 16.9. The Morgan fingerprint density at radius 3 is 2.65 bits per heavy atom. The lowest BCUT2D eigenvalue weighted by Crippen LogP contribution is -2.43. The molecule has 26 heavy (non-hydrogen) atoms. The summed E-state index contributed by atoms with van der Waals surface area (Å²) in [6.07, 6.45) is 1.23. The molecule has 1 aromatic carbocycles. The minimum Gasteiger partial charge on any atom is -0.493 e. The Morgan fingerprint density at radius 2 is 2.04 bits per heavy atom. The van der Waals surface area contributed by atoms with Gasteiger partial charge in [-0.25, -0.2) is 0 Å². The van der Waals surface area contributed by atoms with Gasteiger partial charge in [-0.2, -0.15) is 0 Å². The predicted molar refractivity (Wildman–Crippen MR) is 102 cm³/mol. The van der Waals surface area contributed by atoms with Crippen LogP contribution in [0.5, 0.6) is 5.75 Å². The summed E-state index contributed by atoms with van der Waals surface area (Å²) < 4.78 is 10.9. The first kappa shape index (κ1) is 20.7. The van der Waals surface area contributed by atoms with Gasteiger partial charge in [-0.3, -0.25) is 9.69 Å². The average molecular weight is 363 g/mol. The van der Waals surface area contributed by atoms with Gasteiger partial charge in [-0.15, -0.1) is 0 Å². The highest BCUT2D eigenvalue weighted by molar-refractivity contribution is 5.76. The second kappa shape index (κ2) is 8.40. The summed E-state index contributed by atoms with van der Waals surface area (Å²) in [6.45, 7) is 9.49. The van der Waals surface area contributed by atoms with E-state index in [0.717, 1.165) is 12.2 Å². The van der Waals surface area contributed by atoms with Gasteiger partial charge in [0.25, 0.3) is 0 Å². The SMILES string of the molecule is COC(=O)C1Cc2ccc(OCC(C)CC(C)(C)C(C)O)cc2CN1C. The number of hydrogen-bond acceptors (Lipinski definition) is 5. The molecular formula is C21H33NO4. The number of aliphatic hydroxyl groups excluding tert-OH is 1. The average Bonchev–Trinajstić information content (AvgIpc) is 2.58. The molecule has 1 aliphatic heterocycles. The molecule has 5 heteroatoms. The first-order valence-corrected chi connectivity index (χ1v) is 9.34. The van der Waals surface area contributed by atoms with Crippen molar-refractivity contribution in [3.05, 3.63) is 29.3 Å². The number of esters is 1. The summed E-state index contributed by atoms with van der Waals surface area (Å²) >= 11 is 0. The van der Waals surface area contributed by atoms with Gasteiger partial charge in [0.1, 0.15) is 11.8 Å². The maximum Gasteiger partial charge on any atom is 0.323 e. The van der Waals surface area contributed by atoms with Crippen LogP contribution in [-0.4, -0.2) is 48.9 Å². The number of methoxy groups -OCH3 is 1. The lowest BCUT2D eigenvalue weighted by Gasteiger charge is -2.32. The topological polar surface area (TPSA) is 59.0 Å². The van der Waals surface area contributed by atoms with Crippen molar-refractivity contribution in [1.29, 1.82) is 0 Å². The van der Waals surface area contributed by atoms with Crippen LogP contribution >= 0.6 is 0 Å². The molecule has 0 spiro atoms. The van der Waals surface area contributed by atoms with Gasteiger partial charge >= 0.3 is 5.97 Å². The molecule has 3 unspecified atom stereocenters. The van der Waals surface area contributed by atoms with Crippen molar-refractivity contribution in [1.82, 2.24) is 4.90 Å². The van der Waals surface area contributed by atoms with E-state index in [9.17, 15) is 9.90 Å². The fourth-order valence-corrected chi connectivity index (χ4v) is 3.55. The number of fused-ring (bicyclic) bond motifs is 1. The van der Waals surface area contributed by atoms with E-state index in [-0.39, 0.29) is 23.5 Å². The molecule has 1 aromatic rings. The smallest absolute Gasteiger partial charge is 0.323 e. The van der Waals surface area contributed by atoms with Crippen LogP contribution in [0.4, 0.5) is 0 Å². The highest BCUT2D eigenvalue weighted by atomic mass is 16.5. The Hall–Kier alpha value is -1.59. The van der Waals surface area contributed by atoms with Crippen LogP contribution in [0.1, 0.15) is 45.2 Å². The monoisotopic (exact) mass is 363 g/mol. The van der Waals surface area contributed by atoms with Crippen molar-refractivity contribution in [3.8, 4) is 5.75 Å². The first-order chi connectivity index (χ1) is 12.1. The van der Waals surface area contributed by atoms with E-state index >= 15 is 0 Å². The number of benzene rings is 1. The summed E-state index contributed by atoms with van der Waals surface area (Å²) in [7, 11) is 3.38. The summed E-state index contributed by atoms with van der Waals surface area (Å²) in [5.41, 5.74) is 2.25. The van der Waals surface area contributed by atoms with E-state index in [1.54, 1.807) is 0 Å². The summed E-state index contributed by atoms with van der Waals surface area (Å²) in [6, 6.07) is 5.89. The molecule has 1 heterocycles. The number of ether oxygens (including phenoxy) is 2. The third-order valence-corrected chi connectivity index (χ3v) is 5.56. The third-order valence-electron chi connectivity index (χ3n) is 5.56. The number of carbonyl (C=O) groups excluding carboxylic acids is 1. The van der Waals surface area contributed by atoms with Crippen LogP contribution in [0.25, 0.3) is 0 Å². The van der Waals surface area contributed by atoms with Gasteiger partial charge in [0, 0.05) is 6.54 Å². The van der Waals surface area contributed by atoms with Gasteiger partial charge in [-0.1, -0.05) is 26.8 Å². The van der Waals surface area contributed by atoms with Crippen LogP contribution < -0.4 is 4.74 Å². The van der Waals surface area contributed by atoms with Gasteiger partial charge in [0.15, 0.2) is 0 Å². The molecule has 1 aliphatic rings. The molecule has 3 atom stereocenters. The normalized spacial score (nSPS) is 20.2. The molecule has 0 bridgehead atoms. The third kappa shape index (κ3) is 4.98. The fourth-order valence-electron chi connectivity index (χ4n) is 3.55. The van der Waals surface area contributed by atoms with Crippen molar-refractivity contribution in [2.24, 2.45) is 11.3 Å². The number of nitrogens with zero attached hydrogens (tertiary/aromatic N) is 1. The maximum absolute atomic E-state index is 11.9. The lowest BCUT2D eigenvalue weighted by atomic mass is 9.79. The molecule has 146 valence electrons. The molecule has 0 radical (unpaired) electrons. The van der Waals surface area contributed by atoms with Gasteiger partial charge in [0.05, 0.1) is 19.8 Å². The van der Waals surface area contributed by atoms with Crippen LogP contribution in [0.2, 0.25) is 0 Å². The molecule has 0 fully saturated rings. The maximum atomic E-state index is 11.9. The van der Waals surface area contributed by atoms with E-state index in [1.165, 1.54) is 18.2 Å². The van der Waals surface area contributed by atoms with Crippen molar-refractivity contribution < 1.29 is 19.4 Å². The molecular weight excluding hydrogens is 330 g/mol. The predicted octanol–water partition coefficient (Wildman–Crippen LogP) is 3.03. The second-order valence-corrected chi connectivity index (χ2v) is 8.37. The van der Waals surface area contributed by atoms with Crippen molar-refractivity contribution in [2.45, 2.75) is 59.2 Å². The van der Waals surface area contributed by atoms with E-state index in [2.05, 4.69) is 32.9 Å². The van der Waals surface area contributed by atoms with E-state index in [1.807, 2.05) is 24.9 Å². The molecule has 5 nitrogen and oxygen atoms in total. The Morgan fingerprint density at radius 1 is 1.35 bits per heavy atom. The zero-order valence-electron chi connectivity index (χ0n) is 16.9. The Bertz CT molecular complexity index is 626. The standard InChI is InChI=1S/C21H33NO4/c1-14(11-21(3,4)15(2)23)13-26-18-8-7-16-10-19(20(24)25-6)22(5)12-17(16)9-18/h7-9,14-15,19,23H,10-13H2,1-6H3. The largest absolute Gasteiger partial charge is 0.493 e. The number of aliphatic hydroxyl groups is 1. The molecule has 2 rings (SSSR count). The highest BCUT2D eigenvalue weighted by Crippen LogP contribution is 2.30. The number of carbonyl (C=O) groups is 1. The zero-order chi connectivity index (χ0) is 19.5. The summed E-state index contributed by atoms with van der Waals surface area (Å²) in [4.78, 5) is 13.9. The summed E-state index contributed by atoms with van der Waals surface area (Å²) in [5, 5.41) is 9.87. The molecule has 0 amide bonds. The van der Waals surface area contributed by atoms with E-state index < -0.39 is 0 Å². The minimum absolute atomic E-state index is 0.121. The van der Waals surface area contributed by atoms with E-state index in [0.29, 0.717) is 25.5 Å². The minimum atomic E-state index is -0.341. The van der Waals surface area contributed by atoms with Crippen LogP contribution in [0.15, 0.2) is 18.2 Å². The van der Waals surface area contributed by atoms with Crippen molar-refractivity contribution >= 4 is 5.97 Å². The van der Waals surface area contributed by atoms with Crippen LogP contribution in [0.3, 0.4) is 0 Å². The molecule has 1 N–H and O–H groups in total. The first-order valence-electron chi connectivity index (χ1n) is 9.34. The quantitative estimate of drug-likeness (QED) is 0.755. The van der Waals surface area contributed by atoms with Crippen LogP contribution in [0, 0.1) is 11.3 Å². The summed E-state index contributed by atoms with van der Waals surface area (Å²) in [5.74, 6) is 1.02.